The van der Waals surface area contributed by atoms with Gasteiger partial charge in [-0.1, -0.05) is 31.5 Å². The summed E-state index contributed by atoms with van der Waals surface area (Å²) in [5.41, 5.74) is 6.95. The molecule has 0 aromatic heterocycles. The van der Waals surface area contributed by atoms with Crippen molar-refractivity contribution in [3.8, 4) is 5.75 Å². The number of hydrogen-bond acceptors (Lipinski definition) is 2. The summed E-state index contributed by atoms with van der Waals surface area (Å²) in [6.45, 7) is 4.13. The van der Waals surface area contributed by atoms with E-state index in [1.165, 1.54) is 0 Å². The third-order valence-electron chi connectivity index (χ3n) is 2.28. The van der Waals surface area contributed by atoms with Gasteiger partial charge in [-0.05, 0) is 18.1 Å². The van der Waals surface area contributed by atoms with Crippen LogP contribution in [0, 0.1) is 5.92 Å². The summed E-state index contributed by atoms with van der Waals surface area (Å²) >= 11 is 6.09. The van der Waals surface area contributed by atoms with Crippen LogP contribution in [0.3, 0.4) is 0 Å². The van der Waals surface area contributed by atoms with Gasteiger partial charge in [0.2, 0.25) is 0 Å². The maximum absolute atomic E-state index is 6.09. The van der Waals surface area contributed by atoms with E-state index in [1.807, 2.05) is 18.2 Å². The molecule has 78 valence electrons. The minimum Gasteiger partial charge on any atom is -0.496 e. The van der Waals surface area contributed by atoms with Crippen molar-refractivity contribution in [2.75, 3.05) is 7.11 Å². The highest BCUT2D eigenvalue weighted by Crippen LogP contribution is 2.33. The Morgan fingerprint density at radius 2 is 2.00 bits per heavy atom. The number of benzene rings is 1. The second-order valence-electron chi connectivity index (χ2n) is 3.63. The van der Waals surface area contributed by atoms with Gasteiger partial charge in [-0.3, -0.25) is 0 Å². The molecule has 0 aliphatic heterocycles. The SMILES string of the molecule is COc1cccc(Cl)c1C(N)C(C)C. The highest BCUT2D eigenvalue weighted by Gasteiger charge is 2.18. The monoisotopic (exact) mass is 213 g/mol. The van der Waals surface area contributed by atoms with Crippen molar-refractivity contribution in [1.29, 1.82) is 0 Å². The first kappa shape index (κ1) is 11.3. The number of ether oxygens (including phenoxy) is 1. The first-order valence-electron chi connectivity index (χ1n) is 4.66. The molecule has 0 radical (unpaired) electrons. The number of methoxy groups -OCH3 is 1. The fraction of sp³-hybridized carbons (Fsp3) is 0.455. The molecular weight excluding hydrogens is 198 g/mol. The summed E-state index contributed by atoms with van der Waals surface area (Å²) in [5.74, 6) is 1.10. The van der Waals surface area contributed by atoms with Crippen LogP contribution in [-0.4, -0.2) is 7.11 Å². The van der Waals surface area contributed by atoms with Crippen molar-refractivity contribution >= 4 is 11.6 Å². The molecule has 1 aromatic rings. The third-order valence-corrected chi connectivity index (χ3v) is 2.61. The maximum atomic E-state index is 6.09. The molecular formula is C11H16ClNO. The van der Waals surface area contributed by atoms with Gasteiger partial charge in [-0.15, -0.1) is 0 Å². The van der Waals surface area contributed by atoms with Crippen molar-refractivity contribution in [2.24, 2.45) is 11.7 Å². The second kappa shape index (κ2) is 4.67. The molecule has 0 aliphatic carbocycles. The fourth-order valence-corrected chi connectivity index (χ4v) is 1.64. The van der Waals surface area contributed by atoms with E-state index < -0.39 is 0 Å². The fourth-order valence-electron chi connectivity index (χ4n) is 1.35. The Morgan fingerprint density at radius 1 is 1.36 bits per heavy atom. The second-order valence-corrected chi connectivity index (χ2v) is 4.03. The molecule has 0 spiro atoms. The Hall–Kier alpha value is -0.730. The quantitative estimate of drug-likeness (QED) is 0.838. The lowest BCUT2D eigenvalue weighted by molar-refractivity contribution is 0.396. The van der Waals surface area contributed by atoms with Crippen molar-refractivity contribution in [2.45, 2.75) is 19.9 Å². The summed E-state index contributed by atoms with van der Waals surface area (Å²) < 4.78 is 5.23. The molecule has 2 nitrogen and oxygen atoms in total. The third kappa shape index (κ3) is 2.20. The van der Waals surface area contributed by atoms with Gasteiger partial charge in [0.25, 0.3) is 0 Å². The molecule has 0 aliphatic rings. The van der Waals surface area contributed by atoms with Crippen molar-refractivity contribution in [3.63, 3.8) is 0 Å². The molecule has 1 atom stereocenters. The van der Waals surface area contributed by atoms with Crippen molar-refractivity contribution in [1.82, 2.24) is 0 Å². The molecule has 0 heterocycles. The molecule has 1 unspecified atom stereocenters. The van der Waals surface area contributed by atoms with Crippen LogP contribution < -0.4 is 10.5 Å². The van der Waals surface area contributed by atoms with Gasteiger partial charge in [0, 0.05) is 16.6 Å². The van der Waals surface area contributed by atoms with Gasteiger partial charge in [-0.25, -0.2) is 0 Å². The average molecular weight is 214 g/mol. The number of hydrogen-bond donors (Lipinski definition) is 1. The van der Waals surface area contributed by atoms with Gasteiger partial charge >= 0.3 is 0 Å². The molecule has 0 amide bonds. The Morgan fingerprint density at radius 3 is 2.50 bits per heavy atom. The molecule has 0 bridgehead atoms. The van der Waals surface area contributed by atoms with Crippen LogP contribution in [0.15, 0.2) is 18.2 Å². The summed E-state index contributed by atoms with van der Waals surface area (Å²) in [4.78, 5) is 0. The lowest BCUT2D eigenvalue weighted by Crippen LogP contribution is -2.18. The van der Waals surface area contributed by atoms with Gasteiger partial charge in [0.05, 0.1) is 7.11 Å². The van der Waals surface area contributed by atoms with E-state index in [0.717, 1.165) is 11.3 Å². The van der Waals surface area contributed by atoms with Crippen molar-refractivity contribution in [3.05, 3.63) is 28.8 Å². The first-order valence-corrected chi connectivity index (χ1v) is 5.03. The Bertz CT molecular complexity index is 312. The predicted molar refractivity (Wildman–Crippen MR) is 59.8 cm³/mol. The Balaban J connectivity index is 3.16. The standard InChI is InChI=1S/C11H16ClNO/c1-7(2)11(13)10-8(12)5-4-6-9(10)14-3/h4-7,11H,13H2,1-3H3. The average Bonchev–Trinajstić information content (AvgIpc) is 2.16. The molecule has 3 heteroatoms. The summed E-state index contributed by atoms with van der Waals surface area (Å²) in [6, 6.07) is 5.49. The van der Waals surface area contributed by atoms with Crippen molar-refractivity contribution < 1.29 is 4.74 Å². The molecule has 2 N–H and O–H groups in total. The Kier molecular flexibility index (Phi) is 3.78. The van der Waals surface area contributed by atoms with E-state index >= 15 is 0 Å². The van der Waals surface area contributed by atoms with Crippen LogP contribution in [0.5, 0.6) is 5.75 Å². The lowest BCUT2D eigenvalue weighted by Gasteiger charge is -2.20. The highest BCUT2D eigenvalue weighted by molar-refractivity contribution is 6.31. The van der Waals surface area contributed by atoms with E-state index in [2.05, 4.69) is 13.8 Å². The number of halogens is 1. The van der Waals surface area contributed by atoms with Crippen LogP contribution in [0.1, 0.15) is 25.5 Å². The molecule has 0 saturated heterocycles. The zero-order valence-electron chi connectivity index (χ0n) is 8.75. The summed E-state index contributed by atoms with van der Waals surface area (Å²) in [6.07, 6.45) is 0. The van der Waals surface area contributed by atoms with E-state index in [0.29, 0.717) is 10.9 Å². The minimum atomic E-state index is -0.0846. The van der Waals surface area contributed by atoms with Gasteiger partial charge < -0.3 is 10.5 Å². The van der Waals surface area contributed by atoms with E-state index in [-0.39, 0.29) is 6.04 Å². The zero-order chi connectivity index (χ0) is 10.7. The van der Waals surface area contributed by atoms with Crippen LogP contribution in [0.2, 0.25) is 5.02 Å². The van der Waals surface area contributed by atoms with E-state index in [1.54, 1.807) is 7.11 Å². The molecule has 0 fully saturated rings. The molecule has 14 heavy (non-hydrogen) atoms. The summed E-state index contributed by atoms with van der Waals surface area (Å²) in [5, 5.41) is 0.672. The van der Waals surface area contributed by atoms with E-state index in [9.17, 15) is 0 Å². The largest absolute Gasteiger partial charge is 0.496 e. The molecule has 0 saturated carbocycles. The Labute approximate surface area is 90.0 Å². The predicted octanol–water partition coefficient (Wildman–Crippen LogP) is 3.00. The number of nitrogens with two attached hydrogens (primary N) is 1. The minimum absolute atomic E-state index is 0.0846. The van der Waals surface area contributed by atoms with Crippen LogP contribution in [-0.2, 0) is 0 Å². The van der Waals surface area contributed by atoms with Gasteiger partial charge in [0.1, 0.15) is 5.75 Å². The smallest absolute Gasteiger partial charge is 0.125 e. The molecule has 1 aromatic carbocycles. The lowest BCUT2D eigenvalue weighted by atomic mass is 9.96. The summed E-state index contributed by atoms with van der Waals surface area (Å²) in [7, 11) is 1.63. The first-order chi connectivity index (χ1) is 6.57. The number of rotatable bonds is 3. The zero-order valence-corrected chi connectivity index (χ0v) is 9.51. The van der Waals surface area contributed by atoms with Crippen LogP contribution in [0.25, 0.3) is 0 Å². The normalized spacial score (nSPS) is 13.0. The van der Waals surface area contributed by atoms with Gasteiger partial charge in [0.15, 0.2) is 0 Å². The molecule has 1 rings (SSSR count). The van der Waals surface area contributed by atoms with Crippen LogP contribution >= 0.6 is 11.6 Å². The highest BCUT2D eigenvalue weighted by atomic mass is 35.5. The topological polar surface area (TPSA) is 35.2 Å². The maximum Gasteiger partial charge on any atom is 0.125 e. The van der Waals surface area contributed by atoms with Gasteiger partial charge in [-0.2, -0.15) is 0 Å². The van der Waals surface area contributed by atoms with E-state index in [4.69, 9.17) is 22.1 Å². The van der Waals surface area contributed by atoms with Crippen LogP contribution in [0.4, 0.5) is 0 Å².